The van der Waals surface area contributed by atoms with Crippen LogP contribution in [0.1, 0.15) is 48.9 Å². The van der Waals surface area contributed by atoms with E-state index >= 15 is 0 Å². The van der Waals surface area contributed by atoms with E-state index in [9.17, 15) is 4.79 Å². The molecule has 4 heterocycles. The third-order valence-corrected chi connectivity index (χ3v) is 5.82. The van der Waals surface area contributed by atoms with Gasteiger partial charge in [-0.1, -0.05) is 11.3 Å². The van der Waals surface area contributed by atoms with Gasteiger partial charge in [0.15, 0.2) is 5.78 Å². The number of nitrogens with zero attached hydrogens (tertiary/aromatic N) is 7. The van der Waals surface area contributed by atoms with E-state index in [0.717, 1.165) is 53.9 Å². The minimum Gasteiger partial charge on any atom is -0.367 e. The van der Waals surface area contributed by atoms with Crippen LogP contribution in [0, 0.1) is 0 Å². The Morgan fingerprint density at radius 3 is 2.82 bits per heavy atom. The minimum absolute atomic E-state index is 0.117. The van der Waals surface area contributed by atoms with Gasteiger partial charge in [-0.05, 0) is 58.0 Å². The predicted molar refractivity (Wildman–Crippen MR) is 129 cm³/mol. The molecule has 1 saturated heterocycles. The van der Waals surface area contributed by atoms with E-state index in [-0.39, 0.29) is 24.3 Å². The molecule has 0 radical (unpaired) electrons. The maximum atomic E-state index is 12.8. The third kappa shape index (κ3) is 4.91. The largest absolute Gasteiger partial charge is 0.367 e. The summed E-state index contributed by atoms with van der Waals surface area (Å²) in [6.07, 6.45) is 7.28. The van der Waals surface area contributed by atoms with Crippen LogP contribution in [0.5, 0.6) is 0 Å². The minimum atomic E-state index is -0.122. The molecule has 10 heteroatoms. The molecule has 0 aliphatic carbocycles. The van der Waals surface area contributed by atoms with E-state index in [4.69, 9.17) is 0 Å². The van der Waals surface area contributed by atoms with Crippen molar-refractivity contribution in [1.29, 1.82) is 0 Å². The maximum Gasteiger partial charge on any atom is 0.190 e. The van der Waals surface area contributed by atoms with Crippen LogP contribution in [0.25, 0.3) is 22.2 Å². The van der Waals surface area contributed by atoms with Crippen molar-refractivity contribution in [2.45, 2.75) is 45.2 Å². The SMILES string of the molecule is CC(C)Nc1cncc(-c2ccc3nnc(CC(=O)c4cn(C5CCNCC5)nn4)cc3c2)n1. The molecule has 1 fully saturated rings. The summed E-state index contributed by atoms with van der Waals surface area (Å²) >= 11 is 0. The Kier molecular flexibility index (Phi) is 6.22. The van der Waals surface area contributed by atoms with Gasteiger partial charge in [0.05, 0.1) is 48.0 Å². The van der Waals surface area contributed by atoms with Gasteiger partial charge < -0.3 is 10.6 Å². The Hall–Kier alpha value is -3.79. The predicted octanol–water partition coefficient (Wildman–Crippen LogP) is 2.85. The maximum absolute atomic E-state index is 12.8. The number of piperidine rings is 1. The summed E-state index contributed by atoms with van der Waals surface area (Å²) in [6, 6.07) is 8.28. The third-order valence-electron chi connectivity index (χ3n) is 5.82. The molecule has 0 unspecified atom stereocenters. The number of aromatic nitrogens is 7. The molecule has 0 bridgehead atoms. The Morgan fingerprint density at radius 1 is 1.15 bits per heavy atom. The quantitative estimate of drug-likeness (QED) is 0.403. The number of nitrogens with one attached hydrogen (secondary N) is 2. The number of hydrogen-bond donors (Lipinski definition) is 2. The molecule has 2 N–H and O–H groups in total. The molecule has 0 spiro atoms. The summed E-state index contributed by atoms with van der Waals surface area (Å²) in [6.45, 7) is 6.01. The van der Waals surface area contributed by atoms with Crippen LogP contribution in [0.3, 0.4) is 0 Å². The second-order valence-electron chi connectivity index (χ2n) is 8.86. The molecule has 10 nitrogen and oxygen atoms in total. The van der Waals surface area contributed by atoms with Gasteiger partial charge in [0, 0.05) is 17.0 Å². The van der Waals surface area contributed by atoms with Crippen molar-refractivity contribution in [2.75, 3.05) is 18.4 Å². The Morgan fingerprint density at radius 2 is 2.00 bits per heavy atom. The van der Waals surface area contributed by atoms with Gasteiger partial charge in [0.25, 0.3) is 0 Å². The molecule has 4 aromatic rings. The summed E-state index contributed by atoms with van der Waals surface area (Å²) in [7, 11) is 0. The zero-order valence-electron chi connectivity index (χ0n) is 19.3. The number of rotatable bonds is 7. The fourth-order valence-corrected chi connectivity index (χ4v) is 4.11. The van der Waals surface area contributed by atoms with E-state index in [1.807, 2.05) is 28.9 Å². The Balaban J connectivity index is 1.34. The molecular formula is C24H27N9O. The van der Waals surface area contributed by atoms with E-state index in [1.54, 1.807) is 18.6 Å². The second kappa shape index (κ2) is 9.60. The molecule has 5 rings (SSSR count). The highest BCUT2D eigenvalue weighted by atomic mass is 16.1. The van der Waals surface area contributed by atoms with Crippen molar-refractivity contribution in [3.8, 4) is 11.3 Å². The van der Waals surface area contributed by atoms with Crippen molar-refractivity contribution in [3.05, 3.63) is 54.2 Å². The number of anilines is 1. The summed E-state index contributed by atoms with van der Waals surface area (Å²) in [5, 5.41) is 24.3. The van der Waals surface area contributed by atoms with Crippen molar-refractivity contribution in [1.82, 2.24) is 40.5 Å². The standard InChI is InChI=1S/C24H27N9O/c1-15(2)27-24-13-26-12-21(28-24)16-3-4-20-17(9-16)10-18(29-30-20)11-23(34)22-14-33(32-31-22)19-5-7-25-8-6-19/h3-4,9-10,12-15,19,25H,5-8,11H2,1-2H3,(H,27,28). The van der Waals surface area contributed by atoms with E-state index in [1.165, 1.54) is 0 Å². The Labute approximate surface area is 197 Å². The van der Waals surface area contributed by atoms with Crippen LogP contribution in [-0.2, 0) is 6.42 Å². The summed E-state index contributed by atoms with van der Waals surface area (Å²) in [5.41, 5.74) is 3.38. The fraction of sp³-hybridized carbons (Fsp3) is 0.375. The molecule has 1 aliphatic heterocycles. The van der Waals surface area contributed by atoms with Gasteiger partial charge in [0.2, 0.25) is 0 Å². The molecule has 0 amide bonds. The van der Waals surface area contributed by atoms with Gasteiger partial charge in [-0.15, -0.1) is 5.10 Å². The number of ketones is 1. The van der Waals surface area contributed by atoms with E-state index in [0.29, 0.717) is 11.4 Å². The molecule has 1 aliphatic rings. The number of carbonyl (C=O) groups is 1. The first-order chi connectivity index (χ1) is 16.5. The van der Waals surface area contributed by atoms with Crippen LogP contribution in [-0.4, -0.2) is 60.1 Å². The topological polar surface area (TPSA) is 123 Å². The van der Waals surface area contributed by atoms with Gasteiger partial charge in [-0.25, -0.2) is 9.67 Å². The lowest BCUT2D eigenvalue weighted by Crippen LogP contribution is -2.29. The fourth-order valence-electron chi connectivity index (χ4n) is 4.11. The highest BCUT2D eigenvalue weighted by Crippen LogP contribution is 2.23. The first-order valence-corrected chi connectivity index (χ1v) is 11.6. The smallest absolute Gasteiger partial charge is 0.190 e. The second-order valence-corrected chi connectivity index (χ2v) is 8.86. The van der Waals surface area contributed by atoms with Gasteiger partial charge in [0.1, 0.15) is 11.5 Å². The summed E-state index contributed by atoms with van der Waals surface area (Å²) in [5.74, 6) is 0.604. The Bertz CT molecular complexity index is 1310. The van der Waals surface area contributed by atoms with E-state index in [2.05, 4.69) is 55.0 Å². The number of benzene rings is 1. The molecule has 3 aromatic heterocycles. The molecular weight excluding hydrogens is 430 g/mol. The molecule has 1 aromatic carbocycles. The van der Waals surface area contributed by atoms with Gasteiger partial charge >= 0.3 is 0 Å². The first kappa shape index (κ1) is 22.0. The number of Topliss-reactive ketones (excluding diaryl/α,β-unsaturated/α-hetero) is 1. The summed E-state index contributed by atoms with van der Waals surface area (Å²) < 4.78 is 1.82. The lowest BCUT2D eigenvalue weighted by molar-refractivity contribution is 0.0987. The van der Waals surface area contributed by atoms with Crippen LogP contribution < -0.4 is 10.6 Å². The van der Waals surface area contributed by atoms with Crippen LogP contribution in [0.15, 0.2) is 42.9 Å². The monoisotopic (exact) mass is 457 g/mol. The molecule has 0 atom stereocenters. The number of fused-ring (bicyclic) bond motifs is 1. The van der Waals surface area contributed by atoms with Crippen molar-refractivity contribution in [2.24, 2.45) is 0 Å². The highest BCUT2D eigenvalue weighted by Gasteiger charge is 2.19. The number of hydrogen-bond acceptors (Lipinski definition) is 9. The lowest BCUT2D eigenvalue weighted by Gasteiger charge is -2.22. The van der Waals surface area contributed by atoms with Crippen molar-refractivity contribution >= 4 is 22.5 Å². The zero-order valence-corrected chi connectivity index (χ0v) is 19.3. The average molecular weight is 458 g/mol. The highest BCUT2D eigenvalue weighted by molar-refractivity contribution is 5.95. The molecule has 34 heavy (non-hydrogen) atoms. The average Bonchev–Trinajstić information content (AvgIpc) is 3.35. The normalized spacial score (nSPS) is 14.6. The van der Waals surface area contributed by atoms with Gasteiger partial charge in [-0.2, -0.15) is 10.2 Å². The first-order valence-electron chi connectivity index (χ1n) is 11.6. The van der Waals surface area contributed by atoms with Crippen LogP contribution in [0.4, 0.5) is 5.82 Å². The van der Waals surface area contributed by atoms with Crippen molar-refractivity contribution in [3.63, 3.8) is 0 Å². The van der Waals surface area contributed by atoms with Gasteiger partial charge in [-0.3, -0.25) is 9.78 Å². The summed E-state index contributed by atoms with van der Waals surface area (Å²) in [4.78, 5) is 21.8. The lowest BCUT2D eigenvalue weighted by atomic mass is 10.1. The van der Waals surface area contributed by atoms with Crippen molar-refractivity contribution < 1.29 is 4.79 Å². The van der Waals surface area contributed by atoms with Crippen LogP contribution >= 0.6 is 0 Å². The zero-order chi connectivity index (χ0) is 23.5. The molecule has 174 valence electrons. The molecule has 0 saturated carbocycles. The number of carbonyl (C=O) groups excluding carboxylic acids is 1. The van der Waals surface area contributed by atoms with E-state index < -0.39 is 0 Å². The van der Waals surface area contributed by atoms with Crippen LogP contribution in [0.2, 0.25) is 0 Å².